The number of aromatic nitrogens is 2. The first-order valence-corrected chi connectivity index (χ1v) is 7.82. The van der Waals surface area contributed by atoms with E-state index in [0.29, 0.717) is 31.7 Å². The Morgan fingerprint density at radius 3 is 2.75 bits per heavy atom. The topological polar surface area (TPSA) is 41.4 Å². The van der Waals surface area contributed by atoms with Crippen molar-refractivity contribution in [3.05, 3.63) is 53.4 Å². The molecule has 1 aromatic carbocycles. The summed E-state index contributed by atoms with van der Waals surface area (Å²) in [6, 6.07) is 5.83. The van der Waals surface area contributed by atoms with Crippen LogP contribution in [0.2, 0.25) is 0 Å². The Bertz CT molecular complexity index is 744. The third-order valence-corrected chi connectivity index (χ3v) is 4.24. The Balaban J connectivity index is 1.83. The molecule has 24 heavy (non-hydrogen) atoms. The largest absolute Gasteiger partial charge is 0.348 e. The van der Waals surface area contributed by atoms with E-state index >= 15 is 0 Å². The van der Waals surface area contributed by atoms with Crippen LogP contribution in [0.4, 0.5) is 8.78 Å². The average Bonchev–Trinajstić information content (AvgIpc) is 2.89. The Hall–Kier alpha value is -2.28. The Morgan fingerprint density at radius 1 is 1.25 bits per heavy atom. The van der Waals surface area contributed by atoms with Crippen LogP contribution in [0.15, 0.2) is 30.5 Å². The van der Waals surface area contributed by atoms with Crippen molar-refractivity contribution in [2.24, 2.45) is 5.92 Å². The van der Waals surface area contributed by atoms with Crippen LogP contribution in [-0.2, 0) is 24.4 Å². The first-order valence-electron chi connectivity index (χ1n) is 7.82. The quantitative estimate of drug-likeness (QED) is 0.861. The highest BCUT2D eigenvalue weighted by Crippen LogP contribution is 2.20. The van der Waals surface area contributed by atoms with E-state index in [1.165, 1.54) is 6.07 Å². The van der Waals surface area contributed by atoms with Gasteiger partial charge in [0.05, 0.1) is 18.2 Å². The smallest absolute Gasteiger partial charge is 0.228 e. The second kappa shape index (κ2) is 6.68. The lowest BCUT2D eigenvalue weighted by Gasteiger charge is -2.25. The molecular formula is C17H20F2N4O. The molecule has 0 radical (unpaired) electrons. The predicted molar refractivity (Wildman–Crippen MR) is 84.9 cm³/mol. The molecule has 0 fully saturated rings. The van der Waals surface area contributed by atoms with Crippen LogP contribution in [0.25, 0.3) is 0 Å². The number of nitrogens with zero attached hydrogens (tertiary/aromatic N) is 4. The fraction of sp³-hybridized carbons (Fsp3) is 0.412. The zero-order valence-corrected chi connectivity index (χ0v) is 13.7. The molecule has 5 nitrogen and oxygen atoms in total. The van der Waals surface area contributed by atoms with Gasteiger partial charge in [0.2, 0.25) is 5.91 Å². The van der Waals surface area contributed by atoms with Crippen LogP contribution in [0.5, 0.6) is 0 Å². The van der Waals surface area contributed by atoms with Gasteiger partial charge >= 0.3 is 0 Å². The van der Waals surface area contributed by atoms with Gasteiger partial charge < -0.3 is 4.90 Å². The van der Waals surface area contributed by atoms with Crippen molar-refractivity contribution in [1.29, 1.82) is 0 Å². The van der Waals surface area contributed by atoms with Gasteiger partial charge in [-0.25, -0.2) is 8.78 Å². The minimum absolute atomic E-state index is 0.0358. The molecule has 2 aromatic rings. The number of carbonyl (C=O) groups excluding carboxylic acids is 1. The van der Waals surface area contributed by atoms with Gasteiger partial charge in [0.25, 0.3) is 0 Å². The van der Waals surface area contributed by atoms with Crippen LogP contribution in [0.3, 0.4) is 0 Å². The summed E-state index contributed by atoms with van der Waals surface area (Å²) in [5, 5.41) is 4.29. The van der Waals surface area contributed by atoms with Gasteiger partial charge in [0, 0.05) is 39.9 Å². The van der Waals surface area contributed by atoms with Gasteiger partial charge in [-0.2, -0.15) is 5.10 Å². The zero-order chi connectivity index (χ0) is 17.3. The summed E-state index contributed by atoms with van der Waals surface area (Å²) >= 11 is 0. The normalized spacial score (nSPS) is 18.1. The van der Waals surface area contributed by atoms with Gasteiger partial charge in [0.1, 0.15) is 0 Å². The van der Waals surface area contributed by atoms with Crippen LogP contribution in [0, 0.1) is 17.6 Å². The predicted octanol–water partition coefficient (Wildman–Crippen LogP) is 1.88. The van der Waals surface area contributed by atoms with Crippen molar-refractivity contribution in [2.75, 3.05) is 20.6 Å². The molecule has 1 aromatic heterocycles. The third-order valence-electron chi connectivity index (χ3n) is 4.24. The molecule has 1 aliphatic heterocycles. The van der Waals surface area contributed by atoms with E-state index in [2.05, 4.69) is 10.00 Å². The highest BCUT2D eigenvalue weighted by molar-refractivity contribution is 5.78. The first-order chi connectivity index (χ1) is 11.4. The Labute approximate surface area is 139 Å². The van der Waals surface area contributed by atoms with E-state index in [1.807, 2.05) is 10.7 Å². The summed E-state index contributed by atoms with van der Waals surface area (Å²) in [6.45, 7) is 2.11. The lowest BCUT2D eigenvalue weighted by Crippen LogP contribution is -2.38. The molecule has 0 aliphatic carbocycles. The third kappa shape index (κ3) is 3.46. The van der Waals surface area contributed by atoms with Crippen molar-refractivity contribution in [2.45, 2.75) is 19.6 Å². The molecular weight excluding hydrogens is 314 g/mol. The second-order valence-corrected chi connectivity index (χ2v) is 6.35. The minimum atomic E-state index is -0.853. The summed E-state index contributed by atoms with van der Waals surface area (Å²) in [7, 11) is 3.47. The minimum Gasteiger partial charge on any atom is -0.348 e. The fourth-order valence-electron chi connectivity index (χ4n) is 3.07. The molecule has 0 saturated heterocycles. The average molecular weight is 334 g/mol. The molecule has 1 amide bonds. The number of rotatable bonds is 3. The zero-order valence-electron chi connectivity index (χ0n) is 13.7. The molecule has 3 rings (SSSR count). The van der Waals surface area contributed by atoms with E-state index in [9.17, 15) is 13.6 Å². The molecule has 0 N–H and O–H groups in total. The number of amides is 1. The lowest BCUT2D eigenvalue weighted by molar-refractivity contribution is -0.134. The van der Waals surface area contributed by atoms with Crippen molar-refractivity contribution >= 4 is 5.91 Å². The van der Waals surface area contributed by atoms with E-state index in [0.717, 1.165) is 11.8 Å². The molecule has 0 saturated carbocycles. The number of benzene rings is 1. The molecule has 1 aliphatic rings. The van der Waals surface area contributed by atoms with Gasteiger partial charge in [0.15, 0.2) is 11.6 Å². The fourth-order valence-corrected chi connectivity index (χ4v) is 3.07. The molecule has 0 spiro atoms. The standard InChI is InChI=1S/C17H20F2N4O/c1-21(2)17(24)13-9-22(11-14-5-6-20-23(14)10-13)8-12-3-4-15(18)16(19)7-12/h3-7,13H,8-11H2,1-2H3. The summed E-state index contributed by atoms with van der Waals surface area (Å²) in [5.74, 6) is -1.90. The van der Waals surface area contributed by atoms with Crippen molar-refractivity contribution in [3.8, 4) is 0 Å². The van der Waals surface area contributed by atoms with Gasteiger partial charge in [-0.3, -0.25) is 14.4 Å². The molecule has 1 atom stereocenters. The maximum Gasteiger partial charge on any atom is 0.228 e. The van der Waals surface area contributed by atoms with Crippen LogP contribution < -0.4 is 0 Å². The summed E-state index contributed by atoms with van der Waals surface area (Å²) in [4.78, 5) is 16.1. The number of hydrogen-bond donors (Lipinski definition) is 0. The number of hydrogen-bond acceptors (Lipinski definition) is 3. The maximum absolute atomic E-state index is 13.4. The molecule has 0 bridgehead atoms. The van der Waals surface area contributed by atoms with Crippen LogP contribution in [0.1, 0.15) is 11.3 Å². The Morgan fingerprint density at radius 2 is 2.04 bits per heavy atom. The van der Waals surface area contributed by atoms with Crippen LogP contribution in [-0.4, -0.2) is 46.1 Å². The van der Waals surface area contributed by atoms with E-state index in [4.69, 9.17) is 0 Å². The summed E-state index contributed by atoms with van der Waals surface area (Å²) < 4.78 is 28.4. The Kier molecular flexibility index (Phi) is 4.62. The molecule has 7 heteroatoms. The maximum atomic E-state index is 13.4. The van der Waals surface area contributed by atoms with Gasteiger partial charge in [-0.15, -0.1) is 0 Å². The van der Waals surface area contributed by atoms with Crippen LogP contribution >= 0.6 is 0 Å². The van der Waals surface area contributed by atoms with Crippen molar-refractivity contribution in [1.82, 2.24) is 19.6 Å². The number of carbonyl (C=O) groups is 1. The highest BCUT2D eigenvalue weighted by atomic mass is 19.2. The van der Waals surface area contributed by atoms with Crippen molar-refractivity contribution in [3.63, 3.8) is 0 Å². The van der Waals surface area contributed by atoms with Crippen molar-refractivity contribution < 1.29 is 13.6 Å². The summed E-state index contributed by atoms with van der Waals surface area (Å²) in [5.41, 5.74) is 1.68. The second-order valence-electron chi connectivity index (χ2n) is 6.35. The summed E-state index contributed by atoms with van der Waals surface area (Å²) in [6.07, 6.45) is 1.72. The van der Waals surface area contributed by atoms with E-state index in [-0.39, 0.29) is 11.8 Å². The van der Waals surface area contributed by atoms with Gasteiger partial charge in [-0.1, -0.05) is 6.07 Å². The number of halogens is 2. The SMILES string of the molecule is CN(C)C(=O)C1CN(Cc2ccc(F)c(F)c2)Cc2ccnn2C1. The van der Waals surface area contributed by atoms with E-state index < -0.39 is 11.6 Å². The molecule has 1 unspecified atom stereocenters. The first kappa shape index (κ1) is 16.6. The lowest BCUT2D eigenvalue weighted by atomic mass is 10.1. The number of fused-ring (bicyclic) bond motifs is 1. The van der Waals surface area contributed by atoms with E-state index in [1.54, 1.807) is 31.3 Å². The monoisotopic (exact) mass is 334 g/mol. The molecule has 128 valence electrons. The highest BCUT2D eigenvalue weighted by Gasteiger charge is 2.28. The molecule has 2 heterocycles. The van der Waals surface area contributed by atoms with Gasteiger partial charge in [-0.05, 0) is 23.8 Å².